The molecule has 0 fully saturated rings. The first-order valence-corrected chi connectivity index (χ1v) is 6.97. The highest BCUT2D eigenvalue weighted by molar-refractivity contribution is 5.76. The van der Waals surface area contributed by atoms with E-state index in [4.69, 9.17) is 15.7 Å². The average molecular weight is 323 g/mol. The molecule has 23 heavy (non-hydrogen) atoms. The Morgan fingerprint density at radius 1 is 1.48 bits per heavy atom. The van der Waals surface area contributed by atoms with E-state index < -0.39 is 12.1 Å². The van der Waals surface area contributed by atoms with Gasteiger partial charge in [-0.2, -0.15) is 5.26 Å². The van der Waals surface area contributed by atoms with Crippen LogP contribution in [0.2, 0.25) is 0 Å². The largest absolute Gasteiger partial charge is 0.383 e. The maximum absolute atomic E-state index is 13.7. The third-order valence-corrected chi connectivity index (χ3v) is 2.76. The summed E-state index contributed by atoms with van der Waals surface area (Å²) in [6.07, 6.45) is 2.62. The zero-order chi connectivity index (χ0) is 17.1. The van der Waals surface area contributed by atoms with E-state index in [0.29, 0.717) is 6.42 Å². The molecule has 6 nitrogen and oxygen atoms in total. The van der Waals surface area contributed by atoms with Gasteiger partial charge in [-0.05, 0) is 24.1 Å². The Morgan fingerprint density at radius 3 is 2.78 bits per heavy atom. The van der Waals surface area contributed by atoms with Crippen molar-refractivity contribution in [3.05, 3.63) is 47.3 Å². The Bertz CT molecular complexity index is 581. The molecule has 1 aromatic rings. The lowest BCUT2D eigenvalue weighted by atomic mass is 10.2. The van der Waals surface area contributed by atoms with Crippen molar-refractivity contribution >= 4 is 6.21 Å². The van der Waals surface area contributed by atoms with Gasteiger partial charge in [0.2, 0.25) is 0 Å². The van der Waals surface area contributed by atoms with E-state index in [1.807, 2.05) is 6.92 Å². The minimum absolute atomic E-state index is 0.0157. The van der Waals surface area contributed by atoms with Crippen LogP contribution in [0.3, 0.4) is 0 Å². The third kappa shape index (κ3) is 7.24. The number of hydrogen-bond acceptors (Lipinski definition) is 6. The molecule has 0 aromatic heterocycles. The number of rotatable bonds is 9. The van der Waals surface area contributed by atoms with E-state index in [9.17, 15) is 8.78 Å². The zero-order valence-corrected chi connectivity index (χ0v) is 12.7. The number of allylic oxidation sites excluding steroid dienone is 1. The molecule has 0 heterocycles. The summed E-state index contributed by atoms with van der Waals surface area (Å²) in [6.45, 7) is 2.09. The first-order chi connectivity index (χ1) is 11.1. The quantitative estimate of drug-likeness (QED) is 0.212. The summed E-state index contributed by atoms with van der Waals surface area (Å²) in [4.78, 5) is 3.96. The Balaban J connectivity index is 2.52. The van der Waals surface area contributed by atoms with Gasteiger partial charge in [0.1, 0.15) is 17.9 Å². The molecule has 1 aromatic carbocycles. The van der Waals surface area contributed by atoms with Crippen molar-refractivity contribution in [3.63, 3.8) is 0 Å². The molecule has 8 heteroatoms. The van der Waals surface area contributed by atoms with Gasteiger partial charge in [0.25, 0.3) is 0 Å². The Labute approximate surface area is 133 Å². The van der Waals surface area contributed by atoms with E-state index in [2.05, 4.69) is 15.6 Å². The van der Waals surface area contributed by atoms with E-state index in [-0.39, 0.29) is 24.9 Å². The highest BCUT2D eigenvalue weighted by Gasteiger charge is 2.05. The summed E-state index contributed by atoms with van der Waals surface area (Å²) in [7, 11) is 0. The van der Waals surface area contributed by atoms with Gasteiger partial charge in [-0.25, -0.2) is 8.78 Å². The number of ether oxygens (including phenoxy) is 1. The minimum Gasteiger partial charge on any atom is -0.383 e. The zero-order valence-electron chi connectivity index (χ0n) is 12.7. The van der Waals surface area contributed by atoms with E-state index in [1.54, 1.807) is 18.3 Å². The van der Waals surface area contributed by atoms with Crippen LogP contribution in [0.1, 0.15) is 18.9 Å². The highest BCUT2D eigenvalue weighted by Crippen LogP contribution is 2.09. The maximum Gasteiger partial charge on any atom is 0.180 e. The molecule has 1 atom stereocenters. The molecule has 0 aliphatic rings. The van der Waals surface area contributed by atoms with Crippen LogP contribution in [0.25, 0.3) is 0 Å². The van der Waals surface area contributed by atoms with Crippen LogP contribution in [-0.2, 0) is 11.3 Å². The normalized spacial score (nSPS) is 13.3. The molecule has 4 N–H and O–H groups in total. The molecule has 0 saturated carbocycles. The molecule has 0 bridgehead atoms. The number of halogens is 2. The van der Waals surface area contributed by atoms with Gasteiger partial charge in [0, 0.05) is 0 Å². The van der Waals surface area contributed by atoms with Gasteiger partial charge in [-0.1, -0.05) is 19.1 Å². The number of nitrogens with zero attached hydrogens (tertiary/aromatic N) is 2. The summed E-state index contributed by atoms with van der Waals surface area (Å²) < 4.78 is 32.0. The molecule has 0 aliphatic heterocycles. The molecular weight excluding hydrogens is 304 g/mol. The van der Waals surface area contributed by atoms with Gasteiger partial charge in [0.05, 0.1) is 19.5 Å². The SMILES string of the molecule is CC[C@@H](/N=C\C(F)=C(/N)NCNC#N)OCc1ccc(F)cc1. The second-order valence-electron chi connectivity index (χ2n) is 4.48. The van der Waals surface area contributed by atoms with E-state index >= 15 is 0 Å². The molecule has 0 spiro atoms. The molecule has 0 saturated heterocycles. The topological polar surface area (TPSA) is 95.5 Å². The molecule has 0 amide bonds. The van der Waals surface area contributed by atoms with Crippen molar-refractivity contribution < 1.29 is 13.5 Å². The molecule has 1 rings (SSSR count). The number of nitrogens with two attached hydrogens (primary N) is 1. The minimum atomic E-state index is -0.756. The number of hydrogen-bond donors (Lipinski definition) is 3. The van der Waals surface area contributed by atoms with Gasteiger partial charge < -0.3 is 21.1 Å². The summed E-state index contributed by atoms with van der Waals surface area (Å²) >= 11 is 0. The Morgan fingerprint density at radius 2 is 2.17 bits per heavy atom. The van der Waals surface area contributed by atoms with Crippen molar-refractivity contribution in [1.82, 2.24) is 10.6 Å². The van der Waals surface area contributed by atoms with Crippen molar-refractivity contribution in [3.8, 4) is 6.19 Å². The number of benzene rings is 1. The van der Waals surface area contributed by atoms with Gasteiger partial charge >= 0.3 is 0 Å². The van der Waals surface area contributed by atoms with Crippen LogP contribution in [0, 0.1) is 17.3 Å². The van der Waals surface area contributed by atoms with Gasteiger partial charge in [-0.3, -0.25) is 4.99 Å². The predicted octanol–water partition coefficient (Wildman–Crippen LogP) is 1.86. The fourth-order valence-electron chi connectivity index (χ4n) is 1.52. The van der Waals surface area contributed by atoms with E-state index in [1.165, 1.54) is 12.1 Å². The molecule has 0 radical (unpaired) electrons. The lowest BCUT2D eigenvalue weighted by Gasteiger charge is -2.11. The smallest absolute Gasteiger partial charge is 0.180 e. The number of nitriles is 1. The summed E-state index contributed by atoms with van der Waals surface area (Å²) in [5, 5.41) is 13.0. The third-order valence-electron chi connectivity index (χ3n) is 2.76. The van der Waals surface area contributed by atoms with Crippen molar-refractivity contribution in [2.24, 2.45) is 10.7 Å². The van der Waals surface area contributed by atoms with Crippen LogP contribution in [0.4, 0.5) is 8.78 Å². The van der Waals surface area contributed by atoms with Gasteiger partial charge in [-0.15, -0.1) is 0 Å². The molecular formula is C15H19F2N5O. The molecule has 0 aliphatic carbocycles. The standard InChI is InChI=1S/C15H19F2N5O/c1-2-14(23-8-11-3-5-12(16)6-4-11)21-7-13(17)15(19)22-10-20-9-18/h3-7,14,20,22H,2,8,10,19H2,1H3/b15-13-,21-7-/t14-/m0/s1. The second-order valence-corrected chi connectivity index (χ2v) is 4.48. The van der Waals surface area contributed by atoms with Crippen LogP contribution in [0.15, 0.2) is 40.9 Å². The van der Waals surface area contributed by atoms with Crippen LogP contribution in [0.5, 0.6) is 0 Å². The fraction of sp³-hybridized carbons (Fsp3) is 0.333. The summed E-state index contributed by atoms with van der Waals surface area (Å²) in [5.41, 5.74) is 6.23. The maximum atomic E-state index is 13.7. The van der Waals surface area contributed by atoms with Crippen LogP contribution >= 0.6 is 0 Å². The lowest BCUT2D eigenvalue weighted by Crippen LogP contribution is -2.29. The first-order valence-electron chi connectivity index (χ1n) is 6.97. The number of aliphatic imine (C=N–C) groups is 1. The van der Waals surface area contributed by atoms with Crippen molar-refractivity contribution in [2.45, 2.75) is 26.2 Å². The molecule has 0 unspecified atom stereocenters. The summed E-state index contributed by atoms with van der Waals surface area (Å²) in [6, 6.07) is 5.90. The first kappa shape index (κ1) is 18.4. The second kappa shape index (κ2) is 10.1. The van der Waals surface area contributed by atoms with Crippen LogP contribution < -0.4 is 16.4 Å². The fourth-order valence-corrected chi connectivity index (χ4v) is 1.52. The molecule has 124 valence electrons. The van der Waals surface area contributed by atoms with Crippen molar-refractivity contribution in [2.75, 3.05) is 6.67 Å². The van der Waals surface area contributed by atoms with Crippen molar-refractivity contribution in [1.29, 1.82) is 5.26 Å². The van der Waals surface area contributed by atoms with Crippen LogP contribution in [-0.4, -0.2) is 19.1 Å². The summed E-state index contributed by atoms with van der Waals surface area (Å²) in [5.74, 6) is -1.31. The van der Waals surface area contributed by atoms with E-state index in [0.717, 1.165) is 11.8 Å². The Kier molecular flexibility index (Phi) is 8.10. The van der Waals surface area contributed by atoms with Gasteiger partial charge in [0.15, 0.2) is 12.0 Å². The number of nitrogens with one attached hydrogen (secondary N) is 2. The predicted molar refractivity (Wildman–Crippen MR) is 82.8 cm³/mol. The highest BCUT2D eigenvalue weighted by atomic mass is 19.1. The average Bonchev–Trinajstić information content (AvgIpc) is 2.56. The lowest BCUT2D eigenvalue weighted by molar-refractivity contribution is 0.0447. The Hall–Kier alpha value is -2.66. The monoisotopic (exact) mass is 323 g/mol.